The molecule has 2 N–H and O–H groups in total. The van der Waals surface area contributed by atoms with Crippen molar-refractivity contribution < 1.29 is 23.1 Å². The van der Waals surface area contributed by atoms with Crippen LogP contribution in [0, 0.1) is 0 Å². The molecule has 2 aliphatic carbocycles. The first-order chi connectivity index (χ1) is 15.2. The molecule has 32 heavy (non-hydrogen) atoms. The topological polar surface area (TPSA) is 66.0 Å². The summed E-state index contributed by atoms with van der Waals surface area (Å²) in [6.07, 6.45) is 1.20. The summed E-state index contributed by atoms with van der Waals surface area (Å²) in [5, 5.41) is 9.30. The maximum Gasteiger partial charge on any atom is 0.433 e. The summed E-state index contributed by atoms with van der Waals surface area (Å²) in [6.45, 7) is 0. The number of rotatable bonds is 4. The van der Waals surface area contributed by atoms with Gasteiger partial charge in [0.2, 0.25) is 0 Å². The highest BCUT2D eigenvalue weighted by Gasteiger charge is 2.55. The van der Waals surface area contributed by atoms with Crippen LogP contribution in [-0.4, -0.2) is 21.0 Å². The third kappa shape index (κ3) is 3.30. The number of aryl methyl sites for hydroxylation is 1. The lowest BCUT2D eigenvalue weighted by Crippen LogP contribution is -2.21. The highest BCUT2D eigenvalue weighted by molar-refractivity contribution is 6.31. The Morgan fingerprint density at radius 3 is 2.41 bits per heavy atom. The maximum absolute atomic E-state index is 13.9. The van der Waals surface area contributed by atoms with Crippen molar-refractivity contribution in [1.82, 2.24) is 9.97 Å². The minimum absolute atomic E-state index is 0.0242. The Balaban J connectivity index is 1.74. The molecule has 2 aromatic heterocycles. The molecule has 0 radical (unpaired) electrons. The number of aromatic amines is 1. The number of alkyl halides is 3. The van der Waals surface area contributed by atoms with Crippen LogP contribution < -0.4 is 0 Å². The van der Waals surface area contributed by atoms with Crippen LogP contribution in [0.2, 0.25) is 5.02 Å². The van der Waals surface area contributed by atoms with Gasteiger partial charge >= 0.3 is 12.1 Å². The van der Waals surface area contributed by atoms with Crippen molar-refractivity contribution in [2.24, 2.45) is 0 Å². The van der Waals surface area contributed by atoms with Gasteiger partial charge in [0.25, 0.3) is 0 Å². The van der Waals surface area contributed by atoms with Crippen molar-refractivity contribution in [2.75, 3.05) is 0 Å². The number of halogens is 4. The number of nitrogens with zero attached hydrogens (tertiary/aromatic N) is 1. The van der Waals surface area contributed by atoms with Crippen molar-refractivity contribution in [3.8, 4) is 11.1 Å². The number of carboxylic acid groups (broad SMARTS) is 1. The van der Waals surface area contributed by atoms with Crippen molar-refractivity contribution >= 4 is 17.6 Å². The van der Waals surface area contributed by atoms with Crippen molar-refractivity contribution in [3.63, 3.8) is 0 Å². The van der Waals surface area contributed by atoms with Gasteiger partial charge in [0, 0.05) is 39.1 Å². The summed E-state index contributed by atoms with van der Waals surface area (Å²) in [5.74, 6) is -1.02. The standard InChI is InChI=1S/C24H20ClF3N2O2/c25-16-9-12-29-21(24(26,27)28)19(16)23(10-11-23)20-18(15-3-1-2-4-17(15)30-20)13-5-7-14(8-6-13)22(31)32/h5-9,12,30H,1-4,10-11H2,(H,31,32). The molecule has 166 valence electrons. The molecule has 1 aromatic carbocycles. The number of aromatic nitrogens is 2. The normalized spacial score (nSPS) is 17.1. The second-order valence-electron chi connectivity index (χ2n) is 8.52. The predicted molar refractivity (Wildman–Crippen MR) is 114 cm³/mol. The smallest absolute Gasteiger partial charge is 0.433 e. The molecule has 0 saturated heterocycles. The van der Waals surface area contributed by atoms with Gasteiger partial charge in [0.05, 0.1) is 5.56 Å². The number of hydrogen-bond donors (Lipinski definition) is 2. The Labute approximate surface area is 187 Å². The van der Waals surface area contributed by atoms with Gasteiger partial charge < -0.3 is 10.1 Å². The zero-order chi connectivity index (χ0) is 22.7. The number of benzene rings is 1. The fourth-order valence-electron chi connectivity index (χ4n) is 5.00. The van der Waals surface area contributed by atoms with Gasteiger partial charge in [0.15, 0.2) is 0 Å². The fraction of sp³-hybridized carbons (Fsp3) is 0.333. The van der Waals surface area contributed by atoms with Crippen LogP contribution in [0.1, 0.15) is 64.2 Å². The van der Waals surface area contributed by atoms with Gasteiger partial charge in [0.1, 0.15) is 5.69 Å². The third-order valence-electron chi connectivity index (χ3n) is 6.59. The van der Waals surface area contributed by atoms with Crippen LogP contribution in [0.25, 0.3) is 11.1 Å². The van der Waals surface area contributed by atoms with Gasteiger partial charge in [-0.1, -0.05) is 23.7 Å². The SMILES string of the molecule is O=C(O)c1ccc(-c2c(C3(c4c(Cl)ccnc4C(F)(F)F)CC3)[nH]c3c2CCCC3)cc1. The van der Waals surface area contributed by atoms with E-state index < -0.39 is 23.3 Å². The maximum atomic E-state index is 13.9. The number of carbonyl (C=O) groups is 1. The van der Waals surface area contributed by atoms with Crippen molar-refractivity contribution in [2.45, 2.75) is 50.1 Å². The molecule has 5 rings (SSSR count). The van der Waals surface area contributed by atoms with E-state index >= 15 is 0 Å². The number of nitrogens with one attached hydrogen (secondary N) is 1. The van der Waals surface area contributed by atoms with E-state index in [2.05, 4.69) is 9.97 Å². The van der Waals surface area contributed by atoms with E-state index in [-0.39, 0.29) is 16.1 Å². The third-order valence-corrected chi connectivity index (χ3v) is 6.91. The lowest BCUT2D eigenvalue weighted by molar-refractivity contribution is -0.142. The van der Waals surface area contributed by atoms with Gasteiger partial charge in [-0.05, 0) is 67.9 Å². The van der Waals surface area contributed by atoms with Gasteiger partial charge in [-0.3, -0.25) is 4.98 Å². The number of aromatic carboxylic acids is 1. The monoisotopic (exact) mass is 460 g/mol. The molecule has 2 heterocycles. The minimum atomic E-state index is -4.62. The van der Waals surface area contributed by atoms with Crippen LogP contribution >= 0.6 is 11.6 Å². The Hall–Kier alpha value is -2.80. The molecular formula is C24H20ClF3N2O2. The molecule has 0 bridgehead atoms. The quantitative estimate of drug-likeness (QED) is 0.473. The molecule has 2 aliphatic rings. The Morgan fingerprint density at radius 2 is 1.78 bits per heavy atom. The molecule has 8 heteroatoms. The molecule has 4 nitrogen and oxygen atoms in total. The van der Waals surface area contributed by atoms with Crippen molar-refractivity contribution in [1.29, 1.82) is 0 Å². The fourth-order valence-corrected chi connectivity index (χ4v) is 5.33. The van der Waals surface area contributed by atoms with E-state index in [1.54, 1.807) is 12.1 Å². The number of pyridine rings is 1. The predicted octanol–water partition coefficient (Wildman–Crippen LogP) is 6.41. The van der Waals surface area contributed by atoms with Crippen LogP contribution in [0.5, 0.6) is 0 Å². The molecule has 0 unspecified atom stereocenters. The number of hydrogen-bond acceptors (Lipinski definition) is 2. The molecule has 0 atom stereocenters. The van der Waals surface area contributed by atoms with Crippen LogP contribution in [0.4, 0.5) is 13.2 Å². The van der Waals surface area contributed by atoms with Crippen LogP contribution in [0.3, 0.4) is 0 Å². The van der Waals surface area contributed by atoms with Crippen molar-refractivity contribution in [3.05, 3.63) is 75.3 Å². The summed E-state index contributed by atoms with van der Waals surface area (Å²) in [7, 11) is 0. The largest absolute Gasteiger partial charge is 0.478 e. The molecule has 3 aromatic rings. The minimum Gasteiger partial charge on any atom is -0.478 e. The average molecular weight is 461 g/mol. The lowest BCUT2D eigenvalue weighted by Gasteiger charge is -2.23. The van der Waals surface area contributed by atoms with E-state index in [9.17, 15) is 23.1 Å². The van der Waals surface area contributed by atoms with E-state index in [1.807, 2.05) is 0 Å². The molecule has 0 aliphatic heterocycles. The number of carboxylic acids is 1. The second kappa shape index (κ2) is 7.37. The van der Waals surface area contributed by atoms with Gasteiger partial charge in [-0.15, -0.1) is 0 Å². The first-order valence-corrected chi connectivity index (χ1v) is 10.9. The molecule has 0 amide bonds. The summed E-state index contributed by atoms with van der Waals surface area (Å²) in [4.78, 5) is 18.4. The summed E-state index contributed by atoms with van der Waals surface area (Å²) in [6, 6.07) is 7.94. The highest BCUT2D eigenvalue weighted by Crippen LogP contribution is 2.60. The second-order valence-corrected chi connectivity index (χ2v) is 8.93. The molecular weight excluding hydrogens is 441 g/mol. The van der Waals surface area contributed by atoms with E-state index in [1.165, 1.54) is 18.2 Å². The Bertz CT molecular complexity index is 1210. The van der Waals surface area contributed by atoms with Gasteiger partial charge in [-0.2, -0.15) is 13.2 Å². The first-order valence-electron chi connectivity index (χ1n) is 10.5. The van der Waals surface area contributed by atoms with E-state index in [0.29, 0.717) is 12.8 Å². The summed E-state index contributed by atoms with van der Waals surface area (Å²) < 4.78 is 41.7. The highest BCUT2D eigenvalue weighted by atomic mass is 35.5. The molecule has 1 saturated carbocycles. The molecule has 1 fully saturated rings. The van der Waals surface area contributed by atoms with Gasteiger partial charge in [-0.25, -0.2) is 4.79 Å². The van der Waals surface area contributed by atoms with Crippen LogP contribution in [-0.2, 0) is 24.4 Å². The number of H-pyrrole nitrogens is 1. The summed E-state index contributed by atoms with van der Waals surface area (Å²) in [5.41, 5.74) is 2.90. The molecule has 0 spiro atoms. The lowest BCUT2D eigenvalue weighted by atomic mass is 9.84. The summed E-state index contributed by atoms with van der Waals surface area (Å²) >= 11 is 6.37. The number of fused-ring (bicyclic) bond motifs is 1. The first kappa shape index (κ1) is 21.1. The van der Waals surface area contributed by atoms with E-state index in [4.69, 9.17) is 11.6 Å². The zero-order valence-electron chi connectivity index (χ0n) is 17.0. The average Bonchev–Trinajstić information content (AvgIpc) is 3.46. The Kier molecular flexibility index (Phi) is 4.85. The Morgan fingerprint density at radius 1 is 1.09 bits per heavy atom. The zero-order valence-corrected chi connectivity index (χ0v) is 17.8. The van der Waals surface area contributed by atoms with E-state index in [0.717, 1.165) is 60.0 Å². The van der Waals surface area contributed by atoms with Crippen LogP contribution in [0.15, 0.2) is 36.5 Å².